The summed E-state index contributed by atoms with van der Waals surface area (Å²) in [6.45, 7) is 4.44. The van der Waals surface area contributed by atoms with E-state index in [9.17, 15) is 13.2 Å². The Morgan fingerprint density at radius 3 is 2.53 bits per heavy atom. The smallest absolute Gasteiger partial charge is 0.280 e. The summed E-state index contributed by atoms with van der Waals surface area (Å²) >= 11 is 3.46. The van der Waals surface area contributed by atoms with Crippen LogP contribution in [-0.4, -0.2) is 26.6 Å². The van der Waals surface area contributed by atoms with E-state index in [2.05, 4.69) is 28.0 Å². The maximum atomic E-state index is 13.0. The molecule has 0 radical (unpaired) electrons. The lowest BCUT2D eigenvalue weighted by molar-refractivity contribution is -0.114. The van der Waals surface area contributed by atoms with E-state index in [1.54, 1.807) is 13.0 Å². The van der Waals surface area contributed by atoms with Gasteiger partial charge in [-0.2, -0.15) is 10.1 Å². The van der Waals surface area contributed by atoms with Crippen molar-refractivity contribution in [1.82, 2.24) is 0 Å². The quantitative estimate of drug-likeness (QED) is 0.465. The van der Waals surface area contributed by atoms with Crippen LogP contribution in [0, 0.1) is 0 Å². The molecule has 1 amide bonds. The zero-order chi connectivity index (χ0) is 21.9. The first-order valence-electron chi connectivity index (χ1n) is 9.37. The van der Waals surface area contributed by atoms with Gasteiger partial charge in [-0.25, -0.2) is 13.6 Å². The number of hydrogen-bond donors (Lipinski definition) is 1. The molecule has 2 N–H and O–H groups in total. The third-order valence-electron chi connectivity index (χ3n) is 4.50. The van der Waals surface area contributed by atoms with Crippen molar-refractivity contribution in [1.29, 1.82) is 0 Å². The summed E-state index contributed by atoms with van der Waals surface area (Å²) in [4.78, 5) is 13.0. The molecule has 1 heterocycles. The molecule has 7 nitrogen and oxygen atoms in total. The van der Waals surface area contributed by atoms with Crippen LogP contribution in [0.5, 0.6) is 5.75 Å². The van der Waals surface area contributed by atoms with Gasteiger partial charge in [-0.05, 0) is 61.9 Å². The molecule has 0 atom stereocenters. The number of halogens is 1. The lowest BCUT2D eigenvalue weighted by Crippen LogP contribution is -2.21. The van der Waals surface area contributed by atoms with E-state index < -0.39 is 10.0 Å². The van der Waals surface area contributed by atoms with Crippen molar-refractivity contribution in [2.75, 3.05) is 11.6 Å². The number of amides is 1. The van der Waals surface area contributed by atoms with Crippen molar-refractivity contribution in [2.24, 2.45) is 10.2 Å². The van der Waals surface area contributed by atoms with Gasteiger partial charge in [-0.1, -0.05) is 29.3 Å². The molecule has 0 aromatic heterocycles. The van der Waals surface area contributed by atoms with E-state index in [1.807, 2.05) is 18.2 Å². The Kier molecular flexibility index (Phi) is 6.74. The average molecular weight is 492 g/mol. The number of carbonyl (C=O) groups excluding carboxylic acids is 1. The molecule has 0 unspecified atom stereocenters. The Hall–Kier alpha value is -2.49. The van der Waals surface area contributed by atoms with Crippen LogP contribution in [0.4, 0.5) is 5.69 Å². The summed E-state index contributed by atoms with van der Waals surface area (Å²) < 4.78 is 29.6. The summed E-state index contributed by atoms with van der Waals surface area (Å²) in [5.41, 5.74) is 2.20. The second-order valence-corrected chi connectivity index (χ2v) is 9.26. The topological polar surface area (TPSA) is 102 Å². The zero-order valence-corrected chi connectivity index (χ0v) is 19.0. The van der Waals surface area contributed by atoms with Gasteiger partial charge in [0.25, 0.3) is 5.91 Å². The molecule has 158 valence electrons. The van der Waals surface area contributed by atoms with Crippen molar-refractivity contribution in [3.8, 4) is 5.75 Å². The summed E-state index contributed by atoms with van der Waals surface area (Å²) in [7, 11) is -3.81. The molecule has 0 saturated heterocycles. The van der Waals surface area contributed by atoms with Crippen molar-refractivity contribution < 1.29 is 17.9 Å². The predicted molar refractivity (Wildman–Crippen MR) is 121 cm³/mol. The number of carbonyl (C=O) groups is 1. The van der Waals surface area contributed by atoms with Gasteiger partial charge >= 0.3 is 0 Å². The van der Waals surface area contributed by atoms with Crippen LogP contribution < -0.4 is 14.9 Å². The molecule has 0 aliphatic carbocycles. The minimum absolute atomic E-state index is 0.0302. The van der Waals surface area contributed by atoms with Crippen molar-refractivity contribution >= 4 is 49.3 Å². The van der Waals surface area contributed by atoms with Crippen LogP contribution in [0.2, 0.25) is 0 Å². The Balaban J connectivity index is 1.90. The third-order valence-corrected chi connectivity index (χ3v) is 5.92. The van der Waals surface area contributed by atoms with Gasteiger partial charge in [0.15, 0.2) is 0 Å². The summed E-state index contributed by atoms with van der Waals surface area (Å²) in [5, 5.41) is 10.7. The predicted octanol–water partition coefficient (Wildman–Crippen LogP) is 4.08. The number of hydrogen-bond acceptors (Lipinski definition) is 5. The highest BCUT2D eigenvalue weighted by Crippen LogP contribution is 2.30. The highest BCUT2D eigenvalue weighted by Gasteiger charge is 2.29. The molecule has 2 aromatic rings. The molecule has 3 rings (SSSR count). The van der Waals surface area contributed by atoms with Gasteiger partial charge in [0.2, 0.25) is 10.0 Å². The first kappa shape index (κ1) is 22.2. The number of benzene rings is 2. The lowest BCUT2D eigenvalue weighted by Gasteiger charge is -2.12. The van der Waals surface area contributed by atoms with Gasteiger partial charge in [0, 0.05) is 10.0 Å². The van der Waals surface area contributed by atoms with Gasteiger partial charge in [-0.3, -0.25) is 4.79 Å². The van der Waals surface area contributed by atoms with Crippen LogP contribution in [0.3, 0.4) is 0 Å². The van der Waals surface area contributed by atoms with Crippen molar-refractivity contribution in [2.45, 2.75) is 31.6 Å². The SMILES string of the molecule is CCCCOc1ccc(Br)cc1/C=C1\C(=O)N(c2ccc(S(N)(=O)=O)cc2)N=C1C. The third kappa shape index (κ3) is 4.97. The second kappa shape index (κ2) is 9.11. The van der Waals surface area contributed by atoms with E-state index in [4.69, 9.17) is 9.88 Å². The number of ether oxygens (including phenoxy) is 1. The largest absolute Gasteiger partial charge is 0.493 e. The maximum Gasteiger partial charge on any atom is 0.280 e. The van der Waals surface area contributed by atoms with E-state index >= 15 is 0 Å². The number of nitrogens with zero attached hydrogens (tertiary/aromatic N) is 2. The molecule has 1 aliphatic heterocycles. The molecular weight excluding hydrogens is 470 g/mol. The molecule has 30 heavy (non-hydrogen) atoms. The number of nitrogens with two attached hydrogens (primary N) is 1. The van der Waals surface area contributed by atoms with Gasteiger partial charge in [0.05, 0.1) is 28.5 Å². The zero-order valence-electron chi connectivity index (χ0n) is 16.6. The summed E-state index contributed by atoms with van der Waals surface area (Å²) in [6, 6.07) is 11.3. The first-order chi connectivity index (χ1) is 14.2. The van der Waals surface area contributed by atoms with Gasteiger partial charge in [0.1, 0.15) is 5.75 Å². The van der Waals surface area contributed by atoms with E-state index in [-0.39, 0.29) is 10.8 Å². The fraction of sp³-hybridized carbons (Fsp3) is 0.238. The molecular formula is C21H22BrN3O4S. The molecule has 0 spiro atoms. The Labute approximate surface area is 184 Å². The number of rotatable bonds is 7. The summed E-state index contributed by atoms with van der Waals surface area (Å²) in [5.74, 6) is 0.381. The molecule has 0 fully saturated rings. The second-order valence-electron chi connectivity index (χ2n) is 6.78. The van der Waals surface area contributed by atoms with Crippen LogP contribution in [0.15, 0.2) is 62.5 Å². The first-order valence-corrected chi connectivity index (χ1v) is 11.7. The van der Waals surface area contributed by atoms with Crippen molar-refractivity contribution in [3.63, 3.8) is 0 Å². The standard InChI is InChI=1S/C21H22BrN3O4S/c1-3-4-11-29-20-10-5-16(22)12-15(20)13-19-14(2)24-25(21(19)26)17-6-8-18(9-7-17)30(23,27)28/h5-10,12-13H,3-4,11H2,1-2H3,(H2,23,27,28)/b19-13-. The molecule has 0 bridgehead atoms. The van der Waals surface area contributed by atoms with Gasteiger partial charge < -0.3 is 4.74 Å². The Bertz CT molecular complexity index is 1130. The normalized spacial score (nSPS) is 15.6. The number of sulfonamides is 1. The molecule has 2 aromatic carbocycles. The van der Waals surface area contributed by atoms with Crippen molar-refractivity contribution in [3.05, 3.63) is 58.1 Å². The number of unbranched alkanes of at least 4 members (excludes halogenated alkanes) is 1. The lowest BCUT2D eigenvalue weighted by atomic mass is 10.1. The summed E-state index contributed by atoms with van der Waals surface area (Å²) in [6.07, 6.45) is 3.72. The fourth-order valence-electron chi connectivity index (χ4n) is 2.88. The Morgan fingerprint density at radius 2 is 1.90 bits per heavy atom. The Morgan fingerprint density at radius 1 is 1.20 bits per heavy atom. The van der Waals surface area contributed by atoms with E-state index in [0.29, 0.717) is 29.3 Å². The van der Waals surface area contributed by atoms with E-state index in [1.165, 1.54) is 29.3 Å². The maximum absolute atomic E-state index is 13.0. The highest BCUT2D eigenvalue weighted by molar-refractivity contribution is 9.10. The number of anilines is 1. The highest BCUT2D eigenvalue weighted by atomic mass is 79.9. The molecule has 0 saturated carbocycles. The van der Waals surface area contributed by atoms with Crippen LogP contribution >= 0.6 is 15.9 Å². The number of primary sulfonamides is 1. The number of hydrazone groups is 1. The average Bonchev–Trinajstić information content (AvgIpc) is 2.97. The molecule has 9 heteroatoms. The fourth-order valence-corrected chi connectivity index (χ4v) is 3.78. The molecule has 1 aliphatic rings. The van der Waals surface area contributed by atoms with Crippen LogP contribution in [0.25, 0.3) is 6.08 Å². The van der Waals surface area contributed by atoms with Gasteiger partial charge in [-0.15, -0.1) is 0 Å². The van der Waals surface area contributed by atoms with Crippen LogP contribution in [-0.2, 0) is 14.8 Å². The minimum atomic E-state index is -3.81. The monoisotopic (exact) mass is 491 g/mol. The minimum Gasteiger partial charge on any atom is -0.493 e. The van der Waals surface area contributed by atoms with Crippen LogP contribution in [0.1, 0.15) is 32.3 Å². The van der Waals surface area contributed by atoms with E-state index in [0.717, 1.165) is 22.9 Å².